The van der Waals surface area contributed by atoms with Crippen LogP contribution in [0.2, 0.25) is 0 Å². The number of halogens is 1. The lowest BCUT2D eigenvalue weighted by molar-refractivity contribution is 0.440. The van der Waals surface area contributed by atoms with Crippen LogP contribution in [-0.4, -0.2) is 55.8 Å². The van der Waals surface area contributed by atoms with E-state index in [-0.39, 0.29) is 24.0 Å². The average Bonchev–Trinajstić information content (AvgIpc) is 2.77. The molecule has 0 bridgehead atoms. The lowest BCUT2D eigenvalue weighted by Crippen LogP contribution is -2.47. The Bertz CT molecular complexity index is 640. The second-order valence-electron chi connectivity index (χ2n) is 6.39. The maximum absolute atomic E-state index is 11.4. The van der Waals surface area contributed by atoms with Crippen LogP contribution in [-0.2, 0) is 23.6 Å². The molecule has 2 N–H and O–H groups in total. The molecule has 1 rings (SSSR count). The number of aromatic nitrogens is 1. The van der Waals surface area contributed by atoms with E-state index in [1.807, 2.05) is 52.0 Å². The van der Waals surface area contributed by atoms with Gasteiger partial charge in [-0.1, -0.05) is 0 Å². The Morgan fingerprint density at radius 3 is 2.50 bits per heavy atom. The van der Waals surface area contributed by atoms with Gasteiger partial charge in [-0.2, -0.15) is 0 Å². The molecule has 0 aliphatic carbocycles. The fraction of sp³-hybridized carbons (Fsp3) is 0.667. The van der Waals surface area contributed by atoms with E-state index in [9.17, 15) is 8.42 Å². The van der Waals surface area contributed by atoms with Gasteiger partial charge in [0.25, 0.3) is 0 Å². The quantitative estimate of drug-likeness (QED) is 0.358. The summed E-state index contributed by atoms with van der Waals surface area (Å²) in [6.45, 7) is 7.45. The van der Waals surface area contributed by atoms with Crippen molar-refractivity contribution in [3.05, 3.63) is 24.0 Å². The molecule has 1 aromatic rings. The van der Waals surface area contributed by atoms with Gasteiger partial charge in [0.2, 0.25) is 10.0 Å². The minimum Gasteiger partial charge on any atom is -0.357 e. The summed E-state index contributed by atoms with van der Waals surface area (Å²) in [5.74, 6) is 0.747. The Morgan fingerprint density at radius 1 is 1.42 bits per heavy atom. The number of rotatable bonds is 7. The molecule has 0 saturated heterocycles. The van der Waals surface area contributed by atoms with Crippen molar-refractivity contribution in [3.8, 4) is 0 Å². The van der Waals surface area contributed by atoms with Gasteiger partial charge in [0, 0.05) is 38.1 Å². The van der Waals surface area contributed by atoms with Crippen molar-refractivity contribution in [1.82, 2.24) is 19.5 Å². The van der Waals surface area contributed by atoms with Crippen molar-refractivity contribution >= 4 is 40.0 Å². The first kappa shape index (κ1) is 23.2. The summed E-state index contributed by atoms with van der Waals surface area (Å²) in [7, 11) is 0.705. The molecule has 0 spiro atoms. The number of aryl methyl sites for hydroxylation is 1. The van der Waals surface area contributed by atoms with Gasteiger partial charge in [0.1, 0.15) is 0 Å². The predicted octanol–water partition coefficient (Wildman–Crippen LogP) is 1.37. The third-order valence-electron chi connectivity index (χ3n) is 3.23. The highest BCUT2D eigenvalue weighted by Gasteiger charge is 2.22. The third-order valence-corrected chi connectivity index (χ3v) is 4.16. The Kier molecular flexibility index (Phi) is 9.29. The zero-order chi connectivity index (χ0) is 17.7. The summed E-state index contributed by atoms with van der Waals surface area (Å²) < 4.78 is 27.5. The van der Waals surface area contributed by atoms with Crippen molar-refractivity contribution < 1.29 is 8.42 Å². The first-order valence-corrected chi connectivity index (χ1v) is 9.52. The van der Waals surface area contributed by atoms with Gasteiger partial charge >= 0.3 is 0 Å². The van der Waals surface area contributed by atoms with Gasteiger partial charge in [-0.25, -0.2) is 13.1 Å². The molecule has 0 aliphatic heterocycles. The van der Waals surface area contributed by atoms with E-state index in [1.54, 1.807) is 0 Å². The largest absolute Gasteiger partial charge is 0.357 e. The minimum absolute atomic E-state index is 0. The monoisotopic (exact) mass is 471 g/mol. The van der Waals surface area contributed by atoms with Crippen LogP contribution in [0.4, 0.5) is 0 Å². The zero-order valence-electron chi connectivity index (χ0n) is 15.3. The molecular weight excluding hydrogens is 441 g/mol. The highest BCUT2D eigenvalue weighted by Crippen LogP contribution is 2.07. The first-order chi connectivity index (χ1) is 10.5. The number of sulfonamides is 1. The van der Waals surface area contributed by atoms with Crippen molar-refractivity contribution in [1.29, 1.82) is 0 Å². The van der Waals surface area contributed by atoms with Crippen LogP contribution in [0.5, 0.6) is 0 Å². The summed E-state index contributed by atoms with van der Waals surface area (Å²) in [6, 6.07) is 4.07. The average molecular weight is 471 g/mol. The lowest BCUT2D eigenvalue weighted by Gasteiger charge is -2.26. The van der Waals surface area contributed by atoms with Crippen LogP contribution in [0.25, 0.3) is 0 Å². The molecule has 7 nitrogen and oxygen atoms in total. The molecule has 140 valence electrons. The standard InChI is InChI=1S/C15H29N5O2S.HI/c1-7-16-14(17-12-15(2,3)18-23(6,21)22)20(5)11-13-9-8-10-19(13)4;/h8-10,18H,7,11-12H2,1-6H3,(H,16,17);1H. The molecule has 24 heavy (non-hydrogen) atoms. The van der Waals surface area contributed by atoms with Gasteiger partial charge < -0.3 is 14.8 Å². The molecule has 0 fully saturated rings. The SMILES string of the molecule is CCNC(=NCC(C)(C)NS(C)(=O)=O)N(C)Cc1cccn1C.I. The van der Waals surface area contributed by atoms with Gasteiger partial charge in [-0.15, -0.1) is 24.0 Å². The van der Waals surface area contributed by atoms with Crippen molar-refractivity contribution in [2.24, 2.45) is 12.0 Å². The molecule has 0 saturated carbocycles. The third kappa shape index (κ3) is 8.34. The van der Waals surface area contributed by atoms with E-state index in [0.29, 0.717) is 6.54 Å². The van der Waals surface area contributed by atoms with E-state index < -0.39 is 15.6 Å². The van der Waals surface area contributed by atoms with Crippen LogP contribution < -0.4 is 10.0 Å². The van der Waals surface area contributed by atoms with Crippen molar-refractivity contribution in [2.75, 3.05) is 26.4 Å². The van der Waals surface area contributed by atoms with Gasteiger partial charge in [0.05, 0.1) is 19.3 Å². The maximum Gasteiger partial charge on any atom is 0.209 e. The van der Waals surface area contributed by atoms with Crippen LogP contribution in [0.3, 0.4) is 0 Å². The lowest BCUT2D eigenvalue weighted by atomic mass is 10.1. The zero-order valence-corrected chi connectivity index (χ0v) is 18.5. The van der Waals surface area contributed by atoms with E-state index >= 15 is 0 Å². The number of nitrogens with one attached hydrogen (secondary N) is 2. The predicted molar refractivity (Wildman–Crippen MR) is 110 cm³/mol. The molecule has 0 unspecified atom stereocenters. The topological polar surface area (TPSA) is 78.7 Å². The second kappa shape index (κ2) is 9.62. The number of hydrogen-bond acceptors (Lipinski definition) is 3. The number of aliphatic imine (C=N–C) groups is 1. The Balaban J connectivity index is 0.00000529. The van der Waals surface area contributed by atoms with Crippen molar-refractivity contribution in [3.63, 3.8) is 0 Å². The molecule has 0 atom stereocenters. The van der Waals surface area contributed by atoms with Crippen molar-refractivity contribution in [2.45, 2.75) is 32.9 Å². The summed E-state index contributed by atoms with van der Waals surface area (Å²) in [4.78, 5) is 6.60. The van der Waals surface area contributed by atoms with Gasteiger partial charge in [-0.3, -0.25) is 4.99 Å². The molecular formula is C15H30IN5O2S. The number of guanidine groups is 1. The fourth-order valence-corrected chi connectivity index (χ4v) is 3.32. The normalized spacial score (nSPS) is 12.7. The van der Waals surface area contributed by atoms with E-state index in [2.05, 4.69) is 25.7 Å². The van der Waals surface area contributed by atoms with Gasteiger partial charge in [-0.05, 0) is 32.9 Å². The molecule has 0 radical (unpaired) electrons. The molecule has 0 aromatic carbocycles. The summed E-state index contributed by atoms with van der Waals surface area (Å²) in [5, 5.41) is 3.24. The van der Waals surface area contributed by atoms with E-state index in [4.69, 9.17) is 0 Å². The molecule has 1 aromatic heterocycles. The second-order valence-corrected chi connectivity index (χ2v) is 8.14. The van der Waals surface area contributed by atoms with Crippen LogP contribution in [0.15, 0.2) is 23.3 Å². The summed E-state index contributed by atoms with van der Waals surface area (Å²) in [5.41, 5.74) is 0.534. The molecule has 1 heterocycles. The van der Waals surface area contributed by atoms with Crippen LogP contribution in [0, 0.1) is 0 Å². The highest BCUT2D eigenvalue weighted by molar-refractivity contribution is 14.0. The highest BCUT2D eigenvalue weighted by atomic mass is 127. The van der Waals surface area contributed by atoms with Crippen LogP contribution in [0.1, 0.15) is 26.5 Å². The summed E-state index contributed by atoms with van der Waals surface area (Å²) in [6.07, 6.45) is 3.16. The molecule has 0 aliphatic rings. The van der Waals surface area contributed by atoms with E-state index in [1.165, 1.54) is 5.69 Å². The smallest absolute Gasteiger partial charge is 0.209 e. The number of nitrogens with zero attached hydrogens (tertiary/aromatic N) is 3. The number of hydrogen-bond donors (Lipinski definition) is 2. The Hall–Kier alpha value is -0.810. The Labute approximate surface area is 163 Å². The minimum atomic E-state index is -3.27. The fourth-order valence-electron chi connectivity index (χ4n) is 2.26. The van der Waals surface area contributed by atoms with Gasteiger partial charge in [0.15, 0.2) is 5.96 Å². The summed E-state index contributed by atoms with van der Waals surface area (Å²) >= 11 is 0. The first-order valence-electron chi connectivity index (χ1n) is 7.62. The maximum atomic E-state index is 11.4. The van der Waals surface area contributed by atoms with E-state index in [0.717, 1.165) is 25.3 Å². The Morgan fingerprint density at radius 2 is 2.04 bits per heavy atom. The van der Waals surface area contributed by atoms with Crippen LogP contribution >= 0.6 is 24.0 Å². The molecule has 0 amide bonds. The molecule has 9 heteroatoms.